The summed E-state index contributed by atoms with van der Waals surface area (Å²) in [6, 6.07) is 81.8. The number of thiophene rings is 1. The second-order valence-electron chi connectivity index (χ2n) is 20.4. The van der Waals surface area contributed by atoms with Crippen molar-refractivity contribution in [1.29, 1.82) is 0 Å². The molecule has 0 spiro atoms. The van der Waals surface area contributed by atoms with Gasteiger partial charge < -0.3 is 24.6 Å². The van der Waals surface area contributed by atoms with Gasteiger partial charge in [-0.15, -0.1) is 11.3 Å². The van der Waals surface area contributed by atoms with Crippen LogP contribution in [0.15, 0.2) is 258 Å². The first kappa shape index (κ1) is 43.3. The van der Waals surface area contributed by atoms with Gasteiger partial charge >= 0.3 is 0 Å². The van der Waals surface area contributed by atoms with Crippen LogP contribution in [-0.2, 0) is 5.41 Å². The summed E-state index contributed by atoms with van der Waals surface area (Å²) in [6.07, 6.45) is 8.49. The van der Waals surface area contributed by atoms with E-state index >= 15 is 0 Å². The first-order chi connectivity index (χ1) is 37.7. The van der Waals surface area contributed by atoms with E-state index in [1.165, 1.54) is 86.6 Å². The summed E-state index contributed by atoms with van der Waals surface area (Å²) < 4.78 is 11.7. The van der Waals surface area contributed by atoms with Crippen molar-refractivity contribution in [2.45, 2.75) is 30.6 Å². The molecule has 3 atom stereocenters. The van der Waals surface area contributed by atoms with Crippen molar-refractivity contribution in [2.24, 2.45) is 4.99 Å². The van der Waals surface area contributed by atoms with E-state index in [9.17, 15) is 0 Å². The Morgan fingerprint density at radius 3 is 2.09 bits per heavy atom. The Bertz CT molecular complexity index is 4560. The highest BCUT2D eigenvalue weighted by molar-refractivity contribution is 7.25. The van der Waals surface area contributed by atoms with Crippen LogP contribution in [0.4, 0.5) is 0 Å². The molecule has 3 aromatic heterocycles. The first-order valence-corrected chi connectivity index (χ1v) is 27.1. The predicted molar refractivity (Wildman–Crippen MR) is 316 cm³/mol. The lowest BCUT2D eigenvalue weighted by Gasteiger charge is -2.41. The van der Waals surface area contributed by atoms with Crippen molar-refractivity contribution in [3.63, 3.8) is 0 Å². The molecular weight excluding hydrogens is 945 g/mol. The van der Waals surface area contributed by atoms with Crippen LogP contribution in [0.25, 0.3) is 97.2 Å². The number of nitrogens with one attached hydrogen (secondary N) is 1. The van der Waals surface area contributed by atoms with Gasteiger partial charge in [0.15, 0.2) is 0 Å². The lowest BCUT2D eigenvalue weighted by molar-refractivity contribution is 0.489. The molecule has 13 aromatic rings. The lowest BCUT2D eigenvalue weighted by atomic mass is 9.66. The minimum absolute atomic E-state index is 0.330. The van der Waals surface area contributed by atoms with Gasteiger partial charge in [-0.05, 0) is 135 Å². The summed E-state index contributed by atoms with van der Waals surface area (Å²) in [5.74, 6) is 0.690. The fourth-order valence-electron chi connectivity index (χ4n) is 12.9. The number of hydrogen-bond donors (Lipinski definition) is 1. The van der Waals surface area contributed by atoms with E-state index in [0.717, 1.165) is 57.0 Å². The zero-order valence-corrected chi connectivity index (χ0v) is 42.1. The Morgan fingerprint density at radius 1 is 0.539 bits per heavy atom. The molecule has 76 heavy (non-hydrogen) atoms. The number of benzene rings is 10. The molecule has 4 heterocycles. The maximum atomic E-state index is 6.70. The molecule has 360 valence electrons. The molecular formula is C70H47N4OS-. The van der Waals surface area contributed by atoms with Gasteiger partial charge in [0.25, 0.3) is 0 Å². The number of rotatable bonds is 7. The van der Waals surface area contributed by atoms with Crippen LogP contribution in [0.2, 0.25) is 0 Å². The van der Waals surface area contributed by atoms with Crippen LogP contribution in [0.3, 0.4) is 0 Å². The summed E-state index contributed by atoms with van der Waals surface area (Å²) in [5.41, 5.74) is 17.9. The molecule has 0 fully saturated rings. The Labute approximate surface area is 443 Å². The highest BCUT2D eigenvalue weighted by Gasteiger charge is 2.47. The molecule has 0 saturated carbocycles. The second-order valence-corrected chi connectivity index (χ2v) is 21.5. The third-order valence-corrected chi connectivity index (χ3v) is 17.5. The summed E-state index contributed by atoms with van der Waals surface area (Å²) in [7, 11) is 0. The molecule has 3 unspecified atom stereocenters. The minimum Gasteiger partial charge on any atom is -0.456 e. The average molecular weight is 992 g/mol. The fourth-order valence-corrected chi connectivity index (χ4v) is 14.1. The van der Waals surface area contributed by atoms with Gasteiger partial charge in [-0.2, -0.15) is 0 Å². The number of amidine groups is 1. The van der Waals surface area contributed by atoms with E-state index in [2.05, 4.69) is 253 Å². The summed E-state index contributed by atoms with van der Waals surface area (Å²) >= 11 is 1.85. The largest absolute Gasteiger partial charge is 0.456 e. The van der Waals surface area contributed by atoms with Crippen LogP contribution in [0.1, 0.15) is 58.6 Å². The molecule has 16 rings (SSSR count). The molecule has 0 amide bonds. The molecule has 6 heteroatoms. The third kappa shape index (κ3) is 6.51. The molecule has 3 aliphatic rings. The Kier molecular flexibility index (Phi) is 9.69. The van der Waals surface area contributed by atoms with Gasteiger partial charge in [-0.25, -0.2) is 0 Å². The minimum atomic E-state index is -0.470. The second kappa shape index (κ2) is 17.0. The average Bonchev–Trinajstić information content (AvgIpc) is 4.33. The van der Waals surface area contributed by atoms with Crippen LogP contribution < -0.4 is 5.32 Å². The standard InChI is InChI=1S/C70H47N4OS/c1-4-17-43(18-5-1)67-71-68(73-69(72-67)55-26-16-28-59-66(55)54-25-10-13-27-58(54)70(59,47-19-6-2-7-20-47)48-21-8-3-9-22-48)46-32-35-52-56-39-44(33-37-62(56)75-63(52)40-46)45-31-36-53-57-42-49(34-38-64(57)76-65(53)41-45)74-60-29-14-11-23-50(60)51-24-12-15-30-61(51)74/h1-2,4-8,10-42,67,69,72H,3,9H2/q-1. The zero-order valence-electron chi connectivity index (χ0n) is 41.3. The monoisotopic (exact) mass is 991 g/mol. The van der Waals surface area contributed by atoms with Crippen molar-refractivity contribution >= 4 is 81.1 Å². The van der Waals surface area contributed by atoms with Crippen molar-refractivity contribution in [3.8, 4) is 27.9 Å². The van der Waals surface area contributed by atoms with Gasteiger partial charge in [0.05, 0.1) is 16.4 Å². The van der Waals surface area contributed by atoms with Crippen molar-refractivity contribution < 1.29 is 4.42 Å². The molecule has 1 aliphatic heterocycles. The van der Waals surface area contributed by atoms with Gasteiger partial charge in [0.1, 0.15) is 11.2 Å². The number of fused-ring (bicyclic) bond motifs is 12. The molecule has 0 saturated heterocycles. The molecule has 0 bridgehead atoms. The summed E-state index contributed by atoms with van der Waals surface area (Å²) in [6.45, 7) is 0. The van der Waals surface area contributed by atoms with Crippen molar-refractivity contribution in [1.82, 2.24) is 9.88 Å². The maximum absolute atomic E-state index is 6.70. The van der Waals surface area contributed by atoms with Gasteiger partial charge in [-0.1, -0.05) is 188 Å². The number of aromatic nitrogens is 1. The Morgan fingerprint density at radius 2 is 1.26 bits per heavy atom. The topological polar surface area (TPSA) is 56.6 Å². The Hall–Kier alpha value is -9.07. The van der Waals surface area contributed by atoms with E-state index in [0.29, 0.717) is 5.84 Å². The van der Waals surface area contributed by atoms with Crippen molar-refractivity contribution in [3.05, 3.63) is 287 Å². The maximum Gasteiger partial charge on any atom is 0.136 e. The number of nitrogens with zero attached hydrogens (tertiary/aromatic N) is 3. The summed E-state index contributed by atoms with van der Waals surface area (Å²) in [5, 5.41) is 16.5. The highest BCUT2D eigenvalue weighted by Crippen LogP contribution is 2.59. The lowest BCUT2D eigenvalue weighted by Crippen LogP contribution is -2.32. The number of aliphatic imine (C=N–C) groups is 1. The van der Waals surface area contributed by atoms with Crippen molar-refractivity contribution in [2.75, 3.05) is 0 Å². The third-order valence-electron chi connectivity index (χ3n) is 16.3. The van der Waals surface area contributed by atoms with Crippen LogP contribution in [0.5, 0.6) is 0 Å². The molecule has 2 aliphatic carbocycles. The van der Waals surface area contributed by atoms with Crippen LogP contribution >= 0.6 is 11.3 Å². The van der Waals surface area contributed by atoms with Gasteiger partial charge in [0.2, 0.25) is 0 Å². The first-order valence-electron chi connectivity index (χ1n) is 26.3. The normalized spacial score (nSPS) is 18.1. The number of furan rings is 1. The quantitative estimate of drug-likeness (QED) is 0.173. The smallest absolute Gasteiger partial charge is 0.136 e. The van der Waals surface area contributed by atoms with E-state index < -0.39 is 11.6 Å². The number of para-hydroxylation sites is 2. The van der Waals surface area contributed by atoms with E-state index in [1.54, 1.807) is 0 Å². The number of hydrogen-bond acceptors (Lipinski definition) is 4. The SMILES string of the molecule is C1=CC(C2(c3ccccc3)c3ccccc3-c3c(C4N=C(c5ccc6c(c5)oc5ccc(-c7ccc8c(c7)sc7ccc(-n9c%10ccccc%10c%10ccccc%109)cc78)cc56)[N-]C(c5ccccc5)N4)cccc32)=CCC1. The Balaban J connectivity index is 0.775. The number of allylic oxidation sites excluding steroid dienone is 4. The predicted octanol–water partition coefficient (Wildman–Crippen LogP) is 18.4. The van der Waals surface area contributed by atoms with E-state index in [-0.39, 0.29) is 6.17 Å². The van der Waals surface area contributed by atoms with Crippen LogP contribution in [-0.4, -0.2) is 10.4 Å². The summed E-state index contributed by atoms with van der Waals surface area (Å²) in [4.78, 5) is 5.55. The zero-order chi connectivity index (χ0) is 49.9. The van der Waals surface area contributed by atoms with Gasteiger partial charge in [0, 0.05) is 59.7 Å². The molecule has 1 N–H and O–H groups in total. The van der Waals surface area contributed by atoms with Crippen LogP contribution in [0, 0.1) is 0 Å². The highest BCUT2D eigenvalue weighted by atomic mass is 32.1. The van der Waals surface area contributed by atoms with Gasteiger partial charge in [-0.3, -0.25) is 0 Å². The molecule has 10 aromatic carbocycles. The molecule has 5 nitrogen and oxygen atoms in total. The van der Waals surface area contributed by atoms with E-state index in [1.807, 2.05) is 11.3 Å². The fraction of sp³-hybridized carbons (Fsp3) is 0.0714. The molecule has 0 radical (unpaired) electrons. The van der Waals surface area contributed by atoms with E-state index in [4.69, 9.17) is 14.7 Å².